The zero-order valence-electron chi connectivity index (χ0n) is 12.2. The molecule has 23 heavy (non-hydrogen) atoms. The highest BCUT2D eigenvalue weighted by molar-refractivity contribution is 6.00. The Morgan fingerprint density at radius 1 is 1.09 bits per heavy atom. The van der Waals surface area contributed by atoms with E-state index in [0.717, 1.165) is 18.4 Å². The highest BCUT2D eigenvalue weighted by atomic mass is 16.2. The molecule has 0 saturated carbocycles. The summed E-state index contributed by atoms with van der Waals surface area (Å²) in [5, 5.41) is 8.33. The third-order valence-corrected chi connectivity index (χ3v) is 3.33. The van der Waals surface area contributed by atoms with Gasteiger partial charge in [0.1, 0.15) is 5.82 Å². The van der Waals surface area contributed by atoms with Crippen molar-refractivity contribution in [3.8, 4) is 0 Å². The monoisotopic (exact) mass is 309 g/mol. The van der Waals surface area contributed by atoms with Crippen LogP contribution in [0.1, 0.15) is 21.7 Å². The topological polar surface area (TPSA) is 104 Å². The summed E-state index contributed by atoms with van der Waals surface area (Å²) in [5.41, 5.74) is 1.79. The molecule has 3 rings (SSSR count). The predicted octanol–water partition coefficient (Wildman–Crippen LogP) is 1.53. The van der Waals surface area contributed by atoms with Crippen molar-refractivity contribution in [2.75, 3.05) is 5.32 Å². The standard InChI is InChI=1S/C16H15N5O2/c22-15(14-19-16(23)21-20-14)18-13-10-12(8-9-17-13)7-6-11-4-2-1-3-5-11/h1-5,8-10H,6-7H2,(H,17,18,22)(H2,19,20,21,23). The van der Waals surface area contributed by atoms with Gasteiger partial charge in [0.05, 0.1) is 0 Å². The Hall–Kier alpha value is -3.22. The average molecular weight is 309 g/mol. The Morgan fingerprint density at radius 3 is 2.61 bits per heavy atom. The van der Waals surface area contributed by atoms with Crippen LogP contribution in [-0.4, -0.2) is 26.1 Å². The summed E-state index contributed by atoms with van der Waals surface area (Å²) in [6.45, 7) is 0. The van der Waals surface area contributed by atoms with Gasteiger partial charge in [-0.3, -0.25) is 9.78 Å². The van der Waals surface area contributed by atoms with Gasteiger partial charge < -0.3 is 5.32 Å². The molecule has 3 N–H and O–H groups in total. The fraction of sp³-hybridized carbons (Fsp3) is 0.125. The maximum Gasteiger partial charge on any atom is 0.341 e. The number of aromatic amines is 2. The first-order valence-corrected chi connectivity index (χ1v) is 7.15. The van der Waals surface area contributed by atoms with E-state index in [1.54, 1.807) is 6.20 Å². The summed E-state index contributed by atoms with van der Waals surface area (Å²) in [6, 6.07) is 13.9. The summed E-state index contributed by atoms with van der Waals surface area (Å²) >= 11 is 0. The third kappa shape index (κ3) is 3.91. The van der Waals surface area contributed by atoms with Gasteiger partial charge in [0, 0.05) is 6.20 Å². The molecular weight excluding hydrogens is 294 g/mol. The van der Waals surface area contributed by atoms with Crippen molar-refractivity contribution >= 4 is 11.7 Å². The van der Waals surface area contributed by atoms with E-state index in [2.05, 4.69) is 37.6 Å². The molecule has 7 nitrogen and oxygen atoms in total. The van der Waals surface area contributed by atoms with Crippen LogP contribution in [0.2, 0.25) is 0 Å². The van der Waals surface area contributed by atoms with E-state index in [1.165, 1.54) is 5.56 Å². The van der Waals surface area contributed by atoms with Crippen molar-refractivity contribution in [1.29, 1.82) is 0 Å². The fourth-order valence-electron chi connectivity index (χ4n) is 2.18. The molecule has 0 saturated heterocycles. The Bertz CT molecular complexity index is 854. The SMILES string of the molecule is O=C(Nc1cc(CCc2ccccc2)ccn1)c1n[nH]c(=O)[nH]1. The number of carbonyl (C=O) groups excluding carboxylic acids is 1. The van der Waals surface area contributed by atoms with Crippen LogP contribution in [0.15, 0.2) is 53.5 Å². The maximum absolute atomic E-state index is 11.9. The number of hydrogen-bond acceptors (Lipinski definition) is 4. The molecule has 0 bridgehead atoms. The van der Waals surface area contributed by atoms with Crippen molar-refractivity contribution in [2.45, 2.75) is 12.8 Å². The molecule has 3 aromatic rings. The van der Waals surface area contributed by atoms with Crippen molar-refractivity contribution < 1.29 is 4.79 Å². The first kappa shape index (κ1) is 14.7. The molecule has 2 aromatic heterocycles. The zero-order valence-corrected chi connectivity index (χ0v) is 12.2. The molecule has 0 radical (unpaired) electrons. The lowest BCUT2D eigenvalue weighted by Crippen LogP contribution is -2.15. The number of nitrogens with one attached hydrogen (secondary N) is 3. The van der Waals surface area contributed by atoms with E-state index in [1.807, 2.05) is 30.3 Å². The van der Waals surface area contributed by atoms with Gasteiger partial charge in [0.2, 0.25) is 5.82 Å². The van der Waals surface area contributed by atoms with Gasteiger partial charge in [0.25, 0.3) is 5.91 Å². The molecule has 0 aliphatic heterocycles. The average Bonchev–Trinajstić information content (AvgIpc) is 3.01. The molecule has 0 aliphatic rings. The molecule has 7 heteroatoms. The number of anilines is 1. The molecule has 2 heterocycles. The summed E-state index contributed by atoms with van der Waals surface area (Å²) < 4.78 is 0. The van der Waals surface area contributed by atoms with Crippen LogP contribution >= 0.6 is 0 Å². The van der Waals surface area contributed by atoms with E-state index >= 15 is 0 Å². The van der Waals surface area contributed by atoms with Crippen molar-refractivity contribution in [1.82, 2.24) is 20.2 Å². The molecule has 0 fully saturated rings. The van der Waals surface area contributed by atoms with Crippen LogP contribution in [0.5, 0.6) is 0 Å². The van der Waals surface area contributed by atoms with Crippen LogP contribution < -0.4 is 11.0 Å². The highest BCUT2D eigenvalue weighted by Crippen LogP contribution is 2.11. The normalized spacial score (nSPS) is 10.4. The number of aryl methyl sites for hydroxylation is 2. The number of rotatable bonds is 5. The van der Waals surface area contributed by atoms with Crippen molar-refractivity contribution in [3.63, 3.8) is 0 Å². The Kier molecular flexibility index (Phi) is 4.28. The number of carbonyl (C=O) groups is 1. The first-order chi connectivity index (χ1) is 11.2. The maximum atomic E-state index is 11.9. The van der Waals surface area contributed by atoms with Crippen LogP contribution in [0.25, 0.3) is 0 Å². The van der Waals surface area contributed by atoms with Gasteiger partial charge in [0.15, 0.2) is 0 Å². The molecule has 0 aliphatic carbocycles. The second-order valence-corrected chi connectivity index (χ2v) is 5.02. The number of pyridine rings is 1. The summed E-state index contributed by atoms with van der Waals surface area (Å²) in [7, 11) is 0. The summed E-state index contributed by atoms with van der Waals surface area (Å²) in [5.74, 6) is -0.174. The van der Waals surface area contributed by atoms with E-state index in [-0.39, 0.29) is 5.82 Å². The lowest BCUT2D eigenvalue weighted by atomic mass is 10.1. The minimum atomic E-state index is -0.528. The first-order valence-electron chi connectivity index (χ1n) is 7.15. The van der Waals surface area contributed by atoms with E-state index < -0.39 is 11.6 Å². The molecule has 0 spiro atoms. The molecule has 116 valence electrons. The predicted molar refractivity (Wildman–Crippen MR) is 85.2 cm³/mol. The number of benzene rings is 1. The van der Waals surface area contributed by atoms with Gasteiger partial charge in [-0.05, 0) is 36.1 Å². The van der Waals surface area contributed by atoms with Crippen molar-refractivity contribution in [3.05, 3.63) is 76.1 Å². The van der Waals surface area contributed by atoms with Gasteiger partial charge >= 0.3 is 5.69 Å². The molecule has 1 aromatic carbocycles. The third-order valence-electron chi connectivity index (χ3n) is 3.33. The number of hydrogen-bond donors (Lipinski definition) is 3. The number of aromatic nitrogens is 4. The van der Waals surface area contributed by atoms with E-state index in [9.17, 15) is 9.59 Å². The molecule has 0 unspecified atom stereocenters. The zero-order chi connectivity index (χ0) is 16.1. The van der Waals surface area contributed by atoms with Crippen LogP contribution in [-0.2, 0) is 12.8 Å². The van der Waals surface area contributed by atoms with Crippen LogP contribution in [0.3, 0.4) is 0 Å². The lowest BCUT2D eigenvalue weighted by molar-refractivity contribution is 0.101. The van der Waals surface area contributed by atoms with Gasteiger partial charge in [-0.15, -0.1) is 5.10 Å². The van der Waals surface area contributed by atoms with Crippen LogP contribution in [0, 0.1) is 0 Å². The summed E-state index contributed by atoms with van der Waals surface area (Å²) in [4.78, 5) is 29.3. The van der Waals surface area contributed by atoms with E-state index in [0.29, 0.717) is 5.82 Å². The largest absolute Gasteiger partial charge is 0.341 e. The highest BCUT2D eigenvalue weighted by Gasteiger charge is 2.11. The van der Waals surface area contributed by atoms with Crippen LogP contribution in [0.4, 0.5) is 5.82 Å². The summed E-state index contributed by atoms with van der Waals surface area (Å²) in [6.07, 6.45) is 3.39. The number of nitrogens with zero attached hydrogens (tertiary/aromatic N) is 2. The number of H-pyrrole nitrogens is 2. The quantitative estimate of drug-likeness (QED) is 0.665. The van der Waals surface area contributed by atoms with Gasteiger partial charge in [-0.25, -0.2) is 14.9 Å². The Labute approximate surface area is 131 Å². The second-order valence-electron chi connectivity index (χ2n) is 5.02. The van der Waals surface area contributed by atoms with Crippen molar-refractivity contribution in [2.24, 2.45) is 0 Å². The lowest BCUT2D eigenvalue weighted by Gasteiger charge is -2.05. The Morgan fingerprint density at radius 2 is 1.87 bits per heavy atom. The molecular formula is C16H15N5O2. The molecule has 1 amide bonds. The van der Waals surface area contributed by atoms with E-state index in [4.69, 9.17) is 0 Å². The van der Waals surface area contributed by atoms with Gasteiger partial charge in [-0.2, -0.15) is 0 Å². The van der Waals surface area contributed by atoms with Gasteiger partial charge in [-0.1, -0.05) is 30.3 Å². The fourth-order valence-corrected chi connectivity index (χ4v) is 2.18. The smallest absolute Gasteiger partial charge is 0.304 e. The Balaban J connectivity index is 1.65. The number of amides is 1. The second kappa shape index (κ2) is 6.69. The molecule has 0 atom stereocenters. The minimum absolute atomic E-state index is 0.0773. The minimum Gasteiger partial charge on any atom is -0.304 e.